The van der Waals surface area contributed by atoms with Gasteiger partial charge >= 0.3 is 6.03 Å². The summed E-state index contributed by atoms with van der Waals surface area (Å²) in [4.78, 5) is 27.0. The fourth-order valence-electron chi connectivity index (χ4n) is 3.87. The third-order valence-corrected chi connectivity index (χ3v) is 5.83. The largest absolute Gasteiger partial charge is 0.497 e. The molecule has 0 bridgehead atoms. The fraction of sp³-hybridized carbons (Fsp3) is 0.304. The molecule has 1 fully saturated rings. The number of likely N-dealkylation sites (tertiary alicyclic amines) is 1. The number of fused-ring (bicyclic) bond motifs is 1. The van der Waals surface area contributed by atoms with Crippen LogP contribution in [0.4, 0.5) is 10.5 Å². The first-order chi connectivity index (χ1) is 15.0. The molecular formula is C23H25ClN4O3. The summed E-state index contributed by atoms with van der Waals surface area (Å²) >= 11 is 6.11. The highest BCUT2D eigenvalue weighted by Crippen LogP contribution is 2.27. The van der Waals surface area contributed by atoms with E-state index in [0.717, 1.165) is 48.1 Å². The molecule has 1 aliphatic heterocycles. The Labute approximate surface area is 185 Å². The van der Waals surface area contributed by atoms with Gasteiger partial charge in [-0.05, 0) is 48.7 Å². The Morgan fingerprint density at radius 2 is 1.90 bits per heavy atom. The first kappa shape index (κ1) is 21.1. The predicted molar refractivity (Wildman–Crippen MR) is 122 cm³/mol. The van der Waals surface area contributed by atoms with E-state index in [1.54, 1.807) is 31.4 Å². The maximum Gasteiger partial charge on any atom is 0.319 e. The first-order valence-electron chi connectivity index (χ1n) is 10.3. The molecule has 0 aliphatic carbocycles. The number of ether oxygens (including phenoxy) is 1. The molecule has 8 heteroatoms. The Hall–Kier alpha value is -3.19. The zero-order chi connectivity index (χ0) is 21.8. The molecule has 1 aromatic heterocycles. The van der Waals surface area contributed by atoms with Crippen LogP contribution in [0.25, 0.3) is 10.9 Å². The standard InChI is InChI=1S/C23H25ClN4O3/c1-31-17-8-9-21-18(12-17)16(14-28(21)15-22(29)27-10-4-5-11-27)13-25-23(30)26-20-7-3-2-6-19(20)24/h2-3,6-9,12,14H,4-5,10-11,13,15H2,1H3,(H2,25,26,30). The maximum absolute atomic E-state index is 12.7. The highest BCUT2D eigenvalue weighted by atomic mass is 35.5. The third kappa shape index (κ3) is 4.77. The number of halogens is 1. The average molecular weight is 441 g/mol. The lowest BCUT2D eigenvalue weighted by Gasteiger charge is -2.16. The van der Waals surface area contributed by atoms with Crippen molar-refractivity contribution in [2.45, 2.75) is 25.9 Å². The van der Waals surface area contributed by atoms with Crippen molar-refractivity contribution in [2.75, 3.05) is 25.5 Å². The molecule has 2 heterocycles. The summed E-state index contributed by atoms with van der Waals surface area (Å²) in [5.41, 5.74) is 2.37. The molecule has 1 saturated heterocycles. The number of hydrogen-bond acceptors (Lipinski definition) is 3. The summed E-state index contributed by atoms with van der Waals surface area (Å²) < 4.78 is 7.31. The molecule has 31 heavy (non-hydrogen) atoms. The van der Waals surface area contributed by atoms with Gasteiger partial charge in [0.1, 0.15) is 12.3 Å². The molecule has 0 saturated carbocycles. The number of hydrogen-bond donors (Lipinski definition) is 2. The van der Waals surface area contributed by atoms with E-state index in [0.29, 0.717) is 17.3 Å². The number of aromatic nitrogens is 1. The van der Waals surface area contributed by atoms with Gasteiger partial charge in [0.25, 0.3) is 0 Å². The van der Waals surface area contributed by atoms with Crippen LogP contribution in [-0.2, 0) is 17.9 Å². The van der Waals surface area contributed by atoms with Crippen LogP contribution in [0.15, 0.2) is 48.7 Å². The Balaban J connectivity index is 1.52. The molecule has 3 aromatic rings. The minimum atomic E-state index is -0.356. The van der Waals surface area contributed by atoms with Gasteiger partial charge in [0.05, 0.1) is 17.8 Å². The van der Waals surface area contributed by atoms with Crippen LogP contribution in [0, 0.1) is 0 Å². The lowest BCUT2D eigenvalue weighted by atomic mass is 10.1. The molecule has 7 nitrogen and oxygen atoms in total. The van der Waals surface area contributed by atoms with Crippen LogP contribution in [0.3, 0.4) is 0 Å². The lowest BCUT2D eigenvalue weighted by molar-refractivity contribution is -0.130. The minimum Gasteiger partial charge on any atom is -0.497 e. The number of amides is 3. The summed E-state index contributed by atoms with van der Waals surface area (Å²) in [5.74, 6) is 0.832. The van der Waals surface area contributed by atoms with Gasteiger partial charge in [-0.1, -0.05) is 23.7 Å². The van der Waals surface area contributed by atoms with Crippen molar-refractivity contribution < 1.29 is 14.3 Å². The number of anilines is 1. The quantitative estimate of drug-likeness (QED) is 0.601. The van der Waals surface area contributed by atoms with Gasteiger partial charge in [-0.2, -0.15) is 0 Å². The van der Waals surface area contributed by atoms with Crippen molar-refractivity contribution in [3.8, 4) is 5.75 Å². The Morgan fingerprint density at radius 3 is 2.65 bits per heavy atom. The van der Waals surface area contributed by atoms with Crippen molar-refractivity contribution >= 4 is 40.1 Å². The molecule has 3 amide bonds. The SMILES string of the molecule is COc1ccc2c(c1)c(CNC(=O)Nc1ccccc1Cl)cn2CC(=O)N1CCCC1. The van der Waals surface area contributed by atoms with Crippen molar-refractivity contribution in [3.63, 3.8) is 0 Å². The Kier molecular flexibility index (Phi) is 6.32. The molecular weight excluding hydrogens is 416 g/mol. The van der Waals surface area contributed by atoms with Crippen LogP contribution in [0.1, 0.15) is 18.4 Å². The first-order valence-corrected chi connectivity index (χ1v) is 10.7. The van der Waals surface area contributed by atoms with Crippen molar-refractivity contribution in [1.82, 2.24) is 14.8 Å². The van der Waals surface area contributed by atoms with E-state index in [1.807, 2.05) is 33.9 Å². The maximum atomic E-state index is 12.7. The van der Waals surface area contributed by atoms with Gasteiger partial charge in [-0.15, -0.1) is 0 Å². The number of carbonyl (C=O) groups is 2. The minimum absolute atomic E-state index is 0.112. The van der Waals surface area contributed by atoms with Gasteiger partial charge in [0, 0.05) is 36.7 Å². The zero-order valence-corrected chi connectivity index (χ0v) is 18.1. The third-order valence-electron chi connectivity index (χ3n) is 5.50. The summed E-state index contributed by atoms with van der Waals surface area (Å²) in [6.45, 7) is 2.21. The highest BCUT2D eigenvalue weighted by Gasteiger charge is 2.20. The number of urea groups is 1. The van der Waals surface area contributed by atoms with Crippen LogP contribution in [0.5, 0.6) is 5.75 Å². The summed E-state index contributed by atoms with van der Waals surface area (Å²) in [7, 11) is 1.62. The van der Waals surface area contributed by atoms with Gasteiger partial charge in [-0.25, -0.2) is 4.79 Å². The molecule has 0 unspecified atom stereocenters. The van der Waals surface area contributed by atoms with E-state index in [-0.39, 0.29) is 18.5 Å². The molecule has 162 valence electrons. The van der Waals surface area contributed by atoms with Crippen LogP contribution in [-0.4, -0.2) is 41.6 Å². The molecule has 0 atom stereocenters. The molecule has 0 radical (unpaired) electrons. The number of nitrogens with one attached hydrogen (secondary N) is 2. The van der Waals surface area contributed by atoms with E-state index in [2.05, 4.69) is 10.6 Å². The van der Waals surface area contributed by atoms with Crippen molar-refractivity contribution in [3.05, 3.63) is 59.2 Å². The molecule has 1 aliphatic rings. The summed E-state index contributed by atoms with van der Waals surface area (Å²) in [6.07, 6.45) is 4.05. The fourth-order valence-corrected chi connectivity index (χ4v) is 4.05. The number of para-hydroxylation sites is 1. The van der Waals surface area contributed by atoms with Gasteiger partial charge in [0.2, 0.25) is 5.91 Å². The van der Waals surface area contributed by atoms with Gasteiger partial charge in [-0.3, -0.25) is 4.79 Å². The Morgan fingerprint density at radius 1 is 1.13 bits per heavy atom. The van der Waals surface area contributed by atoms with E-state index in [4.69, 9.17) is 16.3 Å². The monoisotopic (exact) mass is 440 g/mol. The number of carbonyl (C=O) groups excluding carboxylic acids is 2. The van der Waals surface area contributed by atoms with Crippen molar-refractivity contribution in [2.24, 2.45) is 0 Å². The lowest BCUT2D eigenvalue weighted by Crippen LogP contribution is -2.30. The molecule has 4 rings (SSSR count). The van der Waals surface area contributed by atoms with Crippen LogP contribution in [0.2, 0.25) is 5.02 Å². The number of benzene rings is 2. The second-order valence-electron chi connectivity index (χ2n) is 7.54. The van der Waals surface area contributed by atoms with Gasteiger partial charge in [0.15, 0.2) is 0 Å². The van der Waals surface area contributed by atoms with Crippen LogP contribution >= 0.6 is 11.6 Å². The van der Waals surface area contributed by atoms with E-state index in [1.165, 1.54) is 0 Å². The van der Waals surface area contributed by atoms with E-state index in [9.17, 15) is 9.59 Å². The average Bonchev–Trinajstić information content (AvgIpc) is 3.42. The number of nitrogens with zero attached hydrogens (tertiary/aromatic N) is 2. The van der Waals surface area contributed by atoms with E-state index >= 15 is 0 Å². The highest BCUT2D eigenvalue weighted by molar-refractivity contribution is 6.33. The molecule has 2 aromatic carbocycles. The molecule has 0 spiro atoms. The second kappa shape index (κ2) is 9.31. The summed E-state index contributed by atoms with van der Waals surface area (Å²) in [6, 6.07) is 12.5. The number of rotatable bonds is 6. The smallest absolute Gasteiger partial charge is 0.319 e. The normalized spacial score (nSPS) is 13.4. The second-order valence-corrected chi connectivity index (χ2v) is 7.95. The molecule has 2 N–H and O–H groups in total. The van der Waals surface area contributed by atoms with Crippen molar-refractivity contribution in [1.29, 1.82) is 0 Å². The van der Waals surface area contributed by atoms with Gasteiger partial charge < -0.3 is 24.8 Å². The predicted octanol–water partition coefficient (Wildman–Crippen LogP) is 4.25. The number of methoxy groups -OCH3 is 1. The Bertz CT molecular complexity index is 1110. The summed E-state index contributed by atoms with van der Waals surface area (Å²) in [5, 5.41) is 7.03. The topological polar surface area (TPSA) is 75.6 Å². The van der Waals surface area contributed by atoms with E-state index < -0.39 is 0 Å². The van der Waals surface area contributed by atoms with Crippen LogP contribution < -0.4 is 15.4 Å². The zero-order valence-electron chi connectivity index (χ0n) is 17.4.